The molecule has 1 heterocycles. The molecule has 4 nitrogen and oxygen atoms in total. The molecule has 1 N–H and O–H groups in total. The smallest absolute Gasteiger partial charge is 0.223 e. The van der Waals surface area contributed by atoms with Gasteiger partial charge in [0.15, 0.2) is 5.82 Å². The lowest BCUT2D eigenvalue weighted by Gasteiger charge is -2.21. The molecule has 2 atom stereocenters. The van der Waals surface area contributed by atoms with Gasteiger partial charge in [-0.25, -0.2) is 0 Å². The maximum atomic E-state index is 5.01. The quantitative estimate of drug-likeness (QED) is 0.808. The highest BCUT2D eigenvalue weighted by atomic mass is 16.5. The summed E-state index contributed by atoms with van der Waals surface area (Å²) in [6, 6.07) is 0.676. The van der Waals surface area contributed by atoms with E-state index in [4.69, 9.17) is 4.52 Å². The first kappa shape index (κ1) is 13.2. The van der Waals surface area contributed by atoms with Crippen LogP contribution in [-0.2, 0) is 0 Å². The van der Waals surface area contributed by atoms with Crippen molar-refractivity contribution in [3.63, 3.8) is 0 Å². The van der Waals surface area contributed by atoms with Crippen LogP contribution in [0.5, 0.6) is 0 Å². The van der Waals surface area contributed by atoms with Gasteiger partial charge in [0, 0.05) is 13.0 Å². The molecule has 0 aromatic carbocycles. The standard InChI is InChI=1S/C12H23N3O/c1-6-11(12-14-10(5)16-15-12)13-9(4)7-8(2)3/h8-9,11,13H,6-7H2,1-5H3. The van der Waals surface area contributed by atoms with Crippen LogP contribution in [0, 0.1) is 12.8 Å². The zero-order valence-corrected chi connectivity index (χ0v) is 10.9. The van der Waals surface area contributed by atoms with Crippen molar-refractivity contribution in [3.8, 4) is 0 Å². The second-order valence-corrected chi connectivity index (χ2v) is 4.83. The highest BCUT2D eigenvalue weighted by Gasteiger charge is 2.17. The van der Waals surface area contributed by atoms with Crippen molar-refractivity contribution in [2.75, 3.05) is 0 Å². The monoisotopic (exact) mass is 225 g/mol. The number of hydrogen-bond donors (Lipinski definition) is 1. The molecule has 0 aliphatic rings. The molecule has 2 unspecified atom stereocenters. The highest BCUT2D eigenvalue weighted by Crippen LogP contribution is 2.15. The van der Waals surface area contributed by atoms with Crippen LogP contribution < -0.4 is 5.32 Å². The molecule has 16 heavy (non-hydrogen) atoms. The zero-order valence-electron chi connectivity index (χ0n) is 10.9. The molecular formula is C12H23N3O. The van der Waals surface area contributed by atoms with Crippen molar-refractivity contribution >= 4 is 0 Å². The minimum Gasteiger partial charge on any atom is -0.340 e. The summed E-state index contributed by atoms with van der Waals surface area (Å²) in [6.45, 7) is 10.6. The van der Waals surface area contributed by atoms with Crippen LogP contribution in [0.4, 0.5) is 0 Å². The fraction of sp³-hybridized carbons (Fsp3) is 0.833. The topological polar surface area (TPSA) is 51.0 Å². The van der Waals surface area contributed by atoms with E-state index in [9.17, 15) is 0 Å². The van der Waals surface area contributed by atoms with Gasteiger partial charge in [-0.15, -0.1) is 0 Å². The summed E-state index contributed by atoms with van der Waals surface area (Å²) in [5, 5.41) is 7.51. The van der Waals surface area contributed by atoms with Gasteiger partial charge in [0.05, 0.1) is 6.04 Å². The van der Waals surface area contributed by atoms with Crippen LogP contribution in [0.25, 0.3) is 0 Å². The number of rotatable bonds is 6. The van der Waals surface area contributed by atoms with E-state index in [0.29, 0.717) is 17.9 Å². The third kappa shape index (κ3) is 3.93. The maximum absolute atomic E-state index is 5.01. The largest absolute Gasteiger partial charge is 0.340 e. The van der Waals surface area contributed by atoms with Crippen LogP contribution in [0.1, 0.15) is 58.3 Å². The second-order valence-electron chi connectivity index (χ2n) is 4.83. The average Bonchev–Trinajstić information content (AvgIpc) is 2.60. The number of hydrogen-bond acceptors (Lipinski definition) is 4. The van der Waals surface area contributed by atoms with Crippen LogP contribution in [0.15, 0.2) is 4.52 Å². The van der Waals surface area contributed by atoms with E-state index in [2.05, 4.69) is 43.2 Å². The van der Waals surface area contributed by atoms with Gasteiger partial charge in [-0.05, 0) is 25.7 Å². The molecule has 1 aromatic heterocycles. The predicted octanol–water partition coefficient (Wildman–Crippen LogP) is 2.85. The third-order valence-electron chi connectivity index (χ3n) is 2.57. The Hall–Kier alpha value is -0.900. The Morgan fingerprint density at radius 2 is 2.00 bits per heavy atom. The molecule has 0 amide bonds. The molecule has 0 fully saturated rings. The van der Waals surface area contributed by atoms with E-state index in [-0.39, 0.29) is 6.04 Å². The van der Waals surface area contributed by atoms with Gasteiger partial charge in [-0.3, -0.25) is 0 Å². The number of nitrogens with zero attached hydrogens (tertiary/aromatic N) is 2. The van der Waals surface area contributed by atoms with Crippen molar-refractivity contribution in [3.05, 3.63) is 11.7 Å². The first-order valence-corrected chi connectivity index (χ1v) is 6.09. The molecule has 0 aliphatic carbocycles. The Morgan fingerprint density at radius 1 is 1.31 bits per heavy atom. The molecule has 1 rings (SSSR count). The lowest BCUT2D eigenvalue weighted by molar-refractivity contribution is 0.352. The van der Waals surface area contributed by atoms with Gasteiger partial charge in [-0.2, -0.15) is 4.98 Å². The van der Waals surface area contributed by atoms with Crippen molar-refractivity contribution in [1.82, 2.24) is 15.5 Å². The zero-order chi connectivity index (χ0) is 12.1. The summed E-state index contributed by atoms with van der Waals surface area (Å²) in [5.41, 5.74) is 0. The Bertz CT molecular complexity index is 309. The first-order valence-electron chi connectivity index (χ1n) is 6.09. The van der Waals surface area contributed by atoms with Crippen molar-refractivity contribution in [1.29, 1.82) is 0 Å². The first-order chi connectivity index (χ1) is 7.52. The number of aromatic nitrogens is 2. The van der Waals surface area contributed by atoms with Crippen molar-refractivity contribution < 1.29 is 4.52 Å². The molecule has 4 heteroatoms. The lowest BCUT2D eigenvalue weighted by Crippen LogP contribution is -2.31. The van der Waals surface area contributed by atoms with Gasteiger partial charge in [-0.1, -0.05) is 25.9 Å². The molecular weight excluding hydrogens is 202 g/mol. The van der Waals surface area contributed by atoms with Crippen molar-refractivity contribution in [2.24, 2.45) is 5.92 Å². The average molecular weight is 225 g/mol. The highest BCUT2D eigenvalue weighted by molar-refractivity contribution is 4.93. The van der Waals surface area contributed by atoms with E-state index in [0.717, 1.165) is 18.7 Å². The Kier molecular flexibility index (Phi) is 4.93. The molecule has 0 aliphatic heterocycles. The molecule has 0 bridgehead atoms. The van der Waals surface area contributed by atoms with Crippen LogP contribution in [-0.4, -0.2) is 16.2 Å². The van der Waals surface area contributed by atoms with Gasteiger partial charge in [0.25, 0.3) is 0 Å². The van der Waals surface area contributed by atoms with Gasteiger partial charge in [0.2, 0.25) is 5.89 Å². The Labute approximate surface area is 97.8 Å². The maximum Gasteiger partial charge on any atom is 0.223 e. The van der Waals surface area contributed by atoms with E-state index < -0.39 is 0 Å². The third-order valence-corrected chi connectivity index (χ3v) is 2.57. The summed E-state index contributed by atoms with van der Waals surface area (Å²) in [4.78, 5) is 4.27. The normalized spacial score (nSPS) is 15.4. The molecule has 0 saturated heterocycles. The van der Waals surface area contributed by atoms with Gasteiger partial charge >= 0.3 is 0 Å². The van der Waals surface area contributed by atoms with Crippen LogP contribution >= 0.6 is 0 Å². The molecule has 0 saturated carbocycles. The molecule has 0 radical (unpaired) electrons. The minimum absolute atomic E-state index is 0.200. The van der Waals surface area contributed by atoms with Crippen molar-refractivity contribution in [2.45, 2.75) is 59.5 Å². The van der Waals surface area contributed by atoms with Crippen LogP contribution in [0.2, 0.25) is 0 Å². The second kappa shape index (κ2) is 5.99. The summed E-state index contributed by atoms with van der Waals surface area (Å²) >= 11 is 0. The molecule has 92 valence electrons. The van der Waals surface area contributed by atoms with E-state index in [1.54, 1.807) is 0 Å². The van der Waals surface area contributed by atoms with Gasteiger partial charge in [0.1, 0.15) is 0 Å². The summed E-state index contributed by atoms with van der Waals surface area (Å²) in [5.74, 6) is 2.11. The fourth-order valence-corrected chi connectivity index (χ4v) is 1.95. The molecule has 0 spiro atoms. The minimum atomic E-state index is 0.200. The lowest BCUT2D eigenvalue weighted by atomic mass is 10.0. The number of aryl methyl sites for hydroxylation is 1. The number of nitrogens with one attached hydrogen (secondary N) is 1. The SMILES string of the molecule is CCC(NC(C)CC(C)C)c1noc(C)n1. The van der Waals surface area contributed by atoms with E-state index >= 15 is 0 Å². The predicted molar refractivity (Wildman–Crippen MR) is 64.1 cm³/mol. The van der Waals surface area contributed by atoms with Crippen LogP contribution in [0.3, 0.4) is 0 Å². The Balaban J connectivity index is 2.55. The fourth-order valence-electron chi connectivity index (χ4n) is 1.95. The summed E-state index contributed by atoms with van der Waals surface area (Å²) < 4.78 is 5.01. The van der Waals surface area contributed by atoms with Gasteiger partial charge < -0.3 is 9.84 Å². The Morgan fingerprint density at radius 3 is 2.44 bits per heavy atom. The van der Waals surface area contributed by atoms with E-state index in [1.165, 1.54) is 0 Å². The summed E-state index contributed by atoms with van der Waals surface area (Å²) in [7, 11) is 0. The summed E-state index contributed by atoms with van der Waals surface area (Å²) in [6.07, 6.45) is 2.13. The molecule has 1 aromatic rings. The van der Waals surface area contributed by atoms with E-state index in [1.807, 2.05) is 6.92 Å².